The lowest BCUT2D eigenvalue weighted by Gasteiger charge is -2.27. The van der Waals surface area contributed by atoms with E-state index in [9.17, 15) is 14.4 Å². The molecule has 7 heteroatoms. The molecular weight excluding hydrogens is 356 g/mol. The second-order valence-electron chi connectivity index (χ2n) is 8.09. The molecule has 0 radical (unpaired) electrons. The zero-order chi connectivity index (χ0) is 20.9. The molecule has 152 valence electrons. The van der Waals surface area contributed by atoms with Crippen LogP contribution in [0.5, 0.6) is 0 Å². The smallest absolute Gasteiger partial charge is 0.237 e. The quantitative estimate of drug-likeness (QED) is 0.524. The average Bonchev–Trinajstić information content (AvgIpc) is 3.03. The molecule has 5 N–H and O–H groups in total. The van der Waals surface area contributed by atoms with Crippen molar-refractivity contribution in [1.82, 2.24) is 15.6 Å². The highest BCUT2D eigenvalue weighted by molar-refractivity contribution is 5.94. The van der Waals surface area contributed by atoms with Crippen molar-refractivity contribution in [2.75, 3.05) is 7.05 Å². The van der Waals surface area contributed by atoms with Crippen LogP contribution < -0.4 is 16.4 Å². The first-order valence-electron chi connectivity index (χ1n) is 9.48. The maximum Gasteiger partial charge on any atom is 0.237 e. The number of para-hydroxylation sites is 1. The van der Waals surface area contributed by atoms with Crippen LogP contribution in [0.2, 0.25) is 0 Å². The number of Topliss-reactive ketones (excluding diaryl/α,β-unsaturated/α-hetero) is 1. The molecule has 2 atom stereocenters. The first-order valence-corrected chi connectivity index (χ1v) is 9.48. The molecule has 28 heavy (non-hydrogen) atoms. The molecule has 2 aromatic rings. The Morgan fingerprint density at radius 1 is 1.14 bits per heavy atom. The van der Waals surface area contributed by atoms with E-state index in [4.69, 9.17) is 5.73 Å². The van der Waals surface area contributed by atoms with Crippen LogP contribution >= 0.6 is 0 Å². The number of benzene rings is 1. The molecule has 2 rings (SSSR count). The van der Waals surface area contributed by atoms with E-state index in [1.165, 1.54) is 0 Å². The second-order valence-corrected chi connectivity index (χ2v) is 8.09. The summed E-state index contributed by atoms with van der Waals surface area (Å²) in [5, 5.41) is 6.81. The summed E-state index contributed by atoms with van der Waals surface area (Å²) in [4.78, 5) is 40.0. The van der Waals surface area contributed by atoms with E-state index in [2.05, 4.69) is 15.6 Å². The number of likely N-dealkylation sites (N-methyl/N-ethyl adjacent to an activating group) is 1. The van der Waals surface area contributed by atoms with Crippen LogP contribution in [0.15, 0.2) is 30.5 Å². The zero-order valence-corrected chi connectivity index (χ0v) is 17.0. The topological polar surface area (TPSA) is 117 Å². The van der Waals surface area contributed by atoms with Crippen molar-refractivity contribution in [3.05, 3.63) is 36.0 Å². The van der Waals surface area contributed by atoms with Crippen LogP contribution in [-0.4, -0.2) is 41.7 Å². The molecule has 1 aromatic heterocycles. The molecule has 0 aliphatic rings. The van der Waals surface area contributed by atoms with Crippen molar-refractivity contribution < 1.29 is 14.4 Å². The van der Waals surface area contributed by atoms with Crippen molar-refractivity contribution in [2.45, 2.75) is 52.1 Å². The zero-order valence-electron chi connectivity index (χ0n) is 17.0. The number of nitrogens with one attached hydrogen (secondary N) is 3. The number of carbonyl (C=O) groups is 3. The number of aromatic amines is 1. The highest BCUT2D eigenvalue weighted by atomic mass is 16.2. The van der Waals surface area contributed by atoms with Gasteiger partial charge < -0.3 is 21.4 Å². The lowest BCUT2D eigenvalue weighted by molar-refractivity contribution is -0.133. The number of fused-ring (bicyclic) bond motifs is 1. The summed E-state index contributed by atoms with van der Waals surface area (Å²) in [6, 6.07) is 6.59. The first-order chi connectivity index (χ1) is 13.1. The minimum absolute atomic E-state index is 0.0455. The minimum Gasteiger partial charge on any atom is -0.370 e. The van der Waals surface area contributed by atoms with Gasteiger partial charge in [-0.1, -0.05) is 39.0 Å². The summed E-state index contributed by atoms with van der Waals surface area (Å²) >= 11 is 0. The molecule has 0 aliphatic heterocycles. The highest BCUT2D eigenvalue weighted by Crippen LogP contribution is 2.23. The summed E-state index contributed by atoms with van der Waals surface area (Å²) in [7, 11) is 1.64. The van der Waals surface area contributed by atoms with E-state index in [0.717, 1.165) is 16.5 Å². The SMILES string of the molecule is CNC(CCC(N)=O)C(=O)N[C@@H](Cc1c[nH]c2ccccc12)C(=O)C(C)(C)C. The predicted octanol–water partition coefficient (Wildman–Crippen LogP) is 1.66. The largest absolute Gasteiger partial charge is 0.370 e. The van der Waals surface area contributed by atoms with Crippen LogP contribution in [0, 0.1) is 5.41 Å². The van der Waals surface area contributed by atoms with Crippen molar-refractivity contribution in [2.24, 2.45) is 11.1 Å². The van der Waals surface area contributed by atoms with Crippen LogP contribution in [0.25, 0.3) is 10.9 Å². The third-order valence-electron chi connectivity index (χ3n) is 4.82. The minimum atomic E-state index is -0.670. The Balaban J connectivity index is 2.23. The number of rotatable bonds is 9. The lowest BCUT2D eigenvalue weighted by atomic mass is 9.84. The van der Waals surface area contributed by atoms with Gasteiger partial charge in [0.25, 0.3) is 0 Å². The number of nitrogens with two attached hydrogens (primary N) is 1. The molecule has 0 saturated carbocycles. The number of ketones is 1. The summed E-state index contributed by atoms with van der Waals surface area (Å²) in [6.07, 6.45) is 2.64. The molecule has 0 bridgehead atoms. The van der Waals surface area contributed by atoms with Gasteiger partial charge in [-0.05, 0) is 25.1 Å². The van der Waals surface area contributed by atoms with Gasteiger partial charge in [0.05, 0.1) is 12.1 Å². The van der Waals surface area contributed by atoms with E-state index in [1.807, 2.05) is 51.2 Å². The molecular formula is C21H30N4O3. The van der Waals surface area contributed by atoms with Crippen LogP contribution in [-0.2, 0) is 20.8 Å². The Kier molecular flexibility index (Phi) is 6.96. The molecule has 1 heterocycles. The van der Waals surface area contributed by atoms with Crippen LogP contribution in [0.3, 0.4) is 0 Å². The number of H-pyrrole nitrogens is 1. The second kappa shape index (κ2) is 9.01. The Hall–Kier alpha value is -2.67. The Morgan fingerprint density at radius 2 is 1.82 bits per heavy atom. The van der Waals surface area contributed by atoms with Crippen molar-refractivity contribution in [3.63, 3.8) is 0 Å². The molecule has 0 aliphatic carbocycles. The van der Waals surface area contributed by atoms with Gasteiger partial charge in [0.1, 0.15) is 0 Å². The monoisotopic (exact) mass is 386 g/mol. The number of amides is 2. The molecule has 2 amide bonds. The molecule has 1 unspecified atom stereocenters. The normalized spacial score (nSPS) is 13.9. The lowest BCUT2D eigenvalue weighted by Crippen LogP contribution is -2.52. The number of hydrogen-bond donors (Lipinski definition) is 4. The van der Waals surface area contributed by atoms with Gasteiger partial charge in [-0.2, -0.15) is 0 Å². The fraction of sp³-hybridized carbons (Fsp3) is 0.476. The van der Waals surface area contributed by atoms with Crippen molar-refractivity contribution in [3.8, 4) is 0 Å². The first kappa shape index (κ1) is 21.6. The van der Waals surface area contributed by atoms with E-state index < -0.39 is 23.4 Å². The fourth-order valence-corrected chi connectivity index (χ4v) is 3.22. The predicted molar refractivity (Wildman–Crippen MR) is 110 cm³/mol. The van der Waals surface area contributed by atoms with Gasteiger partial charge in [0.2, 0.25) is 11.8 Å². The molecule has 7 nitrogen and oxygen atoms in total. The summed E-state index contributed by atoms with van der Waals surface area (Å²) in [5.74, 6) is -0.823. The number of primary amides is 1. The third-order valence-corrected chi connectivity index (χ3v) is 4.82. The number of aromatic nitrogens is 1. The van der Waals surface area contributed by atoms with E-state index in [0.29, 0.717) is 6.42 Å². The summed E-state index contributed by atoms with van der Waals surface area (Å²) < 4.78 is 0. The maximum absolute atomic E-state index is 13.0. The molecule has 0 saturated heterocycles. The standard InChI is InChI=1S/C21H30N4O3/c1-21(2,3)19(27)17(25-20(28)16(23-4)9-10-18(22)26)11-13-12-24-15-8-6-5-7-14(13)15/h5-8,12,16-17,23-24H,9-11H2,1-4H3,(H2,22,26)(H,25,28)/t16?,17-/m0/s1. The fourth-order valence-electron chi connectivity index (χ4n) is 3.22. The van der Waals surface area contributed by atoms with E-state index in [1.54, 1.807) is 7.05 Å². The van der Waals surface area contributed by atoms with Gasteiger partial charge in [0, 0.05) is 35.4 Å². The van der Waals surface area contributed by atoms with Gasteiger partial charge in [-0.15, -0.1) is 0 Å². The molecule has 0 fully saturated rings. The van der Waals surface area contributed by atoms with E-state index >= 15 is 0 Å². The Bertz CT molecular complexity index is 851. The number of carbonyl (C=O) groups excluding carboxylic acids is 3. The maximum atomic E-state index is 13.0. The van der Waals surface area contributed by atoms with Crippen molar-refractivity contribution >= 4 is 28.5 Å². The van der Waals surface area contributed by atoms with Gasteiger partial charge in [-0.3, -0.25) is 14.4 Å². The van der Waals surface area contributed by atoms with Gasteiger partial charge in [-0.25, -0.2) is 0 Å². The molecule has 1 aromatic carbocycles. The third kappa shape index (κ3) is 5.42. The Morgan fingerprint density at radius 3 is 2.43 bits per heavy atom. The molecule has 0 spiro atoms. The van der Waals surface area contributed by atoms with Gasteiger partial charge in [0.15, 0.2) is 5.78 Å². The highest BCUT2D eigenvalue weighted by Gasteiger charge is 2.32. The average molecular weight is 386 g/mol. The number of hydrogen-bond acceptors (Lipinski definition) is 4. The van der Waals surface area contributed by atoms with Crippen molar-refractivity contribution in [1.29, 1.82) is 0 Å². The Labute approximate surface area is 165 Å². The van der Waals surface area contributed by atoms with Gasteiger partial charge >= 0.3 is 0 Å². The van der Waals surface area contributed by atoms with Crippen LogP contribution in [0.1, 0.15) is 39.2 Å². The summed E-state index contributed by atoms with van der Waals surface area (Å²) in [6.45, 7) is 5.52. The van der Waals surface area contributed by atoms with E-state index in [-0.39, 0.29) is 24.5 Å². The van der Waals surface area contributed by atoms with Crippen LogP contribution in [0.4, 0.5) is 0 Å². The summed E-state index contributed by atoms with van der Waals surface area (Å²) in [5.41, 5.74) is 6.54.